The minimum Gasteiger partial charge on any atom is -0.351 e. The lowest BCUT2D eigenvalue weighted by molar-refractivity contribution is -0.136. The smallest absolute Gasteiger partial charge is 0.351 e. The quantitative estimate of drug-likeness (QED) is 0.897. The van der Waals surface area contributed by atoms with Crippen molar-refractivity contribution in [3.8, 4) is 0 Å². The van der Waals surface area contributed by atoms with E-state index in [0.29, 0.717) is 5.52 Å². The molecular weight excluding hydrogens is 261 g/mol. The van der Waals surface area contributed by atoms with Gasteiger partial charge in [-0.3, -0.25) is 4.79 Å². The number of nitrogens with one attached hydrogen (secondary N) is 2. The molecule has 0 saturated carbocycles. The lowest BCUT2D eigenvalue weighted by Gasteiger charge is -2.15. The predicted molar refractivity (Wildman–Crippen MR) is 63.9 cm³/mol. The van der Waals surface area contributed by atoms with E-state index in [0.717, 1.165) is 0 Å². The van der Waals surface area contributed by atoms with Gasteiger partial charge in [0, 0.05) is 18.4 Å². The van der Waals surface area contributed by atoms with Gasteiger partial charge in [0.25, 0.3) is 5.56 Å². The Kier molecular flexibility index (Phi) is 3.41. The molecular formula is C11H11F3N4O. The molecule has 0 radical (unpaired) electrons. The highest BCUT2D eigenvalue weighted by atomic mass is 19.4. The molecule has 0 spiro atoms. The minimum atomic E-state index is -4.25. The summed E-state index contributed by atoms with van der Waals surface area (Å²) in [6, 6.07) is 0.706. The van der Waals surface area contributed by atoms with Crippen LogP contribution in [0.15, 0.2) is 23.3 Å². The molecule has 2 aromatic heterocycles. The zero-order valence-corrected chi connectivity index (χ0v) is 9.95. The fourth-order valence-corrected chi connectivity index (χ4v) is 1.66. The van der Waals surface area contributed by atoms with Gasteiger partial charge >= 0.3 is 6.18 Å². The van der Waals surface area contributed by atoms with Crippen LogP contribution in [0.1, 0.15) is 13.3 Å². The number of hydrogen-bond acceptors (Lipinski definition) is 4. The molecule has 2 aromatic rings. The van der Waals surface area contributed by atoms with Crippen LogP contribution in [-0.2, 0) is 0 Å². The summed E-state index contributed by atoms with van der Waals surface area (Å²) in [6.45, 7) is 1.39. The molecule has 0 saturated heterocycles. The summed E-state index contributed by atoms with van der Waals surface area (Å²) < 4.78 is 36.6. The van der Waals surface area contributed by atoms with Gasteiger partial charge < -0.3 is 10.3 Å². The SMILES string of the molecule is CC(CC(F)(F)F)Nc1ncc2c(=O)[nH]ccc2n1. The van der Waals surface area contributed by atoms with E-state index < -0.39 is 18.6 Å². The summed E-state index contributed by atoms with van der Waals surface area (Å²) in [4.78, 5) is 21.7. The van der Waals surface area contributed by atoms with Crippen molar-refractivity contribution < 1.29 is 13.2 Å². The van der Waals surface area contributed by atoms with E-state index in [1.807, 2.05) is 0 Å². The lowest BCUT2D eigenvalue weighted by Crippen LogP contribution is -2.24. The molecule has 19 heavy (non-hydrogen) atoms. The lowest BCUT2D eigenvalue weighted by atomic mass is 10.2. The summed E-state index contributed by atoms with van der Waals surface area (Å²) in [5, 5.41) is 2.84. The summed E-state index contributed by atoms with van der Waals surface area (Å²) in [7, 11) is 0. The van der Waals surface area contributed by atoms with Gasteiger partial charge in [0.1, 0.15) is 0 Å². The number of pyridine rings is 1. The van der Waals surface area contributed by atoms with Crippen LogP contribution in [0.2, 0.25) is 0 Å². The van der Waals surface area contributed by atoms with E-state index in [1.165, 1.54) is 19.3 Å². The molecule has 0 aliphatic carbocycles. The zero-order valence-electron chi connectivity index (χ0n) is 9.95. The van der Waals surface area contributed by atoms with Crippen LogP contribution in [0.4, 0.5) is 19.1 Å². The van der Waals surface area contributed by atoms with Crippen LogP contribution in [0.3, 0.4) is 0 Å². The van der Waals surface area contributed by atoms with E-state index in [-0.39, 0.29) is 16.9 Å². The van der Waals surface area contributed by atoms with Gasteiger partial charge in [0.05, 0.1) is 17.3 Å². The van der Waals surface area contributed by atoms with Crippen molar-refractivity contribution in [2.24, 2.45) is 0 Å². The van der Waals surface area contributed by atoms with Crippen molar-refractivity contribution >= 4 is 16.9 Å². The van der Waals surface area contributed by atoms with E-state index >= 15 is 0 Å². The van der Waals surface area contributed by atoms with Crippen molar-refractivity contribution in [1.29, 1.82) is 0 Å². The maximum Gasteiger partial charge on any atom is 0.391 e. The molecule has 2 N–H and O–H groups in total. The first-order valence-electron chi connectivity index (χ1n) is 5.53. The topological polar surface area (TPSA) is 70.7 Å². The second-order valence-corrected chi connectivity index (χ2v) is 4.16. The first-order valence-corrected chi connectivity index (χ1v) is 5.53. The molecule has 5 nitrogen and oxygen atoms in total. The van der Waals surface area contributed by atoms with Crippen molar-refractivity contribution in [3.05, 3.63) is 28.8 Å². The number of fused-ring (bicyclic) bond motifs is 1. The summed E-state index contributed by atoms with van der Waals surface area (Å²) in [5.74, 6) is 0.0647. The molecule has 0 bridgehead atoms. The van der Waals surface area contributed by atoms with E-state index in [2.05, 4.69) is 20.3 Å². The molecule has 2 rings (SSSR count). The molecule has 2 heterocycles. The highest BCUT2D eigenvalue weighted by Crippen LogP contribution is 2.22. The van der Waals surface area contributed by atoms with E-state index in [1.54, 1.807) is 6.07 Å². The maximum absolute atomic E-state index is 12.2. The molecule has 102 valence electrons. The molecule has 0 aliphatic rings. The molecule has 0 amide bonds. The van der Waals surface area contributed by atoms with E-state index in [9.17, 15) is 18.0 Å². The van der Waals surface area contributed by atoms with E-state index in [4.69, 9.17) is 0 Å². The summed E-state index contributed by atoms with van der Waals surface area (Å²) >= 11 is 0. The second kappa shape index (κ2) is 4.87. The van der Waals surface area contributed by atoms with Gasteiger partial charge in [0.15, 0.2) is 0 Å². The number of nitrogens with zero attached hydrogens (tertiary/aromatic N) is 2. The first-order chi connectivity index (χ1) is 8.85. The fourth-order valence-electron chi connectivity index (χ4n) is 1.66. The number of alkyl halides is 3. The number of halogens is 3. The Balaban J connectivity index is 2.20. The molecule has 0 aliphatic heterocycles. The van der Waals surface area contributed by atoms with Crippen molar-refractivity contribution in [2.45, 2.75) is 25.6 Å². The summed E-state index contributed by atoms with van der Waals surface area (Å²) in [5.41, 5.74) is 0.0350. The molecule has 0 fully saturated rings. The third-order valence-electron chi connectivity index (χ3n) is 2.43. The fraction of sp³-hybridized carbons (Fsp3) is 0.364. The van der Waals surface area contributed by atoms with Crippen molar-refractivity contribution in [3.63, 3.8) is 0 Å². The van der Waals surface area contributed by atoms with Crippen LogP contribution in [0, 0.1) is 0 Å². The third-order valence-corrected chi connectivity index (χ3v) is 2.43. The van der Waals surface area contributed by atoms with Crippen LogP contribution >= 0.6 is 0 Å². The van der Waals surface area contributed by atoms with Gasteiger partial charge in [-0.2, -0.15) is 13.2 Å². The number of aromatic nitrogens is 3. The normalized spacial score (nSPS) is 13.5. The molecule has 8 heteroatoms. The largest absolute Gasteiger partial charge is 0.391 e. The second-order valence-electron chi connectivity index (χ2n) is 4.16. The minimum absolute atomic E-state index is 0.0647. The van der Waals surface area contributed by atoms with Crippen LogP contribution < -0.4 is 10.9 Å². The van der Waals surface area contributed by atoms with Crippen molar-refractivity contribution in [2.75, 3.05) is 5.32 Å². The van der Waals surface area contributed by atoms with Crippen molar-refractivity contribution in [1.82, 2.24) is 15.0 Å². The van der Waals surface area contributed by atoms with Gasteiger partial charge in [-0.1, -0.05) is 0 Å². The van der Waals surface area contributed by atoms with Gasteiger partial charge in [-0.15, -0.1) is 0 Å². The van der Waals surface area contributed by atoms with Gasteiger partial charge in [-0.25, -0.2) is 9.97 Å². The first kappa shape index (κ1) is 13.3. The number of H-pyrrole nitrogens is 1. The standard InChI is InChI=1S/C11H11F3N4O/c1-6(4-11(12,13)14)17-10-16-5-7-8(18-10)2-3-15-9(7)19/h2-3,5-6H,4H2,1H3,(H,15,19)(H,16,17,18). The average molecular weight is 272 g/mol. The third kappa shape index (κ3) is 3.43. The molecule has 1 atom stereocenters. The monoisotopic (exact) mass is 272 g/mol. The van der Waals surface area contributed by atoms with Crippen LogP contribution in [0.5, 0.6) is 0 Å². The number of rotatable bonds is 3. The van der Waals surface area contributed by atoms with Gasteiger partial charge in [0.2, 0.25) is 5.95 Å². The Morgan fingerprint density at radius 1 is 1.47 bits per heavy atom. The average Bonchev–Trinajstić information content (AvgIpc) is 2.26. The molecule has 0 aromatic carbocycles. The number of hydrogen-bond donors (Lipinski definition) is 2. The Labute approximate surface area is 105 Å². The van der Waals surface area contributed by atoms with Crippen LogP contribution in [0.25, 0.3) is 10.9 Å². The Morgan fingerprint density at radius 3 is 2.89 bits per heavy atom. The number of anilines is 1. The van der Waals surface area contributed by atoms with Crippen LogP contribution in [-0.4, -0.2) is 27.2 Å². The highest BCUT2D eigenvalue weighted by molar-refractivity contribution is 5.77. The molecule has 1 unspecified atom stereocenters. The van der Waals surface area contributed by atoms with Gasteiger partial charge in [-0.05, 0) is 13.0 Å². The Hall–Kier alpha value is -2.12. The highest BCUT2D eigenvalue weighted by Gasteiger charge is 2.30. The Morgan fingerprint density at radius 2 is 2.21 bits per heavy atom. The zero-order chi connectivity index (χ0) is 14.0. The Bertz CT molecular complexity index is 638. The maximum atomic E-state index is 12.2. The number of aromatic amines is 1. The summed E-state index contributed by atoms with van der Waals surface area (Å²) in [6.07, 6.45) is -2.53. The predicted octanol–water partition coefficient (Wildman–Crippen LogP) is 2.07.